The van der Waals surface area contributed by atoms with Gasteiger partial charge in [-0.1, -0.05) is 0 Å². The topological polar surface area (TPSA) is 39.2 Å². The molecule has 0 aliphatic heterocycles. The third-order valence-electron chi connectivity index (χ3n) is 2.34. The zero-order valence-electron chi connectivity index (χ0n) is 8.93. The lowest BCUT2D eigenvalue weighted by atomic mass is 10.1. The Bertz CT molecular complexity index is 657. The van der Waals surface area contributed by atoms with E-state index in [2.05, 4.69) is 68.7 Å². The molecule has 0 fully saturated rings. The van der Waals surface area contributed by atoms with Gasteiger partial charge in [0.1, 0.15) is 0 Å². The number of carbonyl (C=O) groups is 1. The van der Waals surface area contributed by atoms with Crippen LogP contribution in [0.2, 0.25) is 0 Å². The van der Waals surface area contributed by atoms with Crippen molar-refractivity contribution in [2.75, 3.05) is 7.11 Å². The van der Waals surface area contributed by atoms with Crippen LogP contribution in [-0.2, 0) is 4.74 Å². The summed E-state index contributed by atoms with van der Waals surface area (Å²) < 4.78 is 7.82. The van der Waals surface area contributed by atoms with Crippen molar-refractivity contribution in [1.82, 2.24) is 4.98 Å². The van der Waals surface area contributed by atoms with E-state index in [1.165, 1.54) is 7.11 Å². The maximum absolute atomic E-state index is 11.9. The number of pyridine rings is 1. The average molecular weight is 503 g/mol. The second-order valence-corrected chi connectivity index (χ2v) is 6.65. The summed E-state index contributed by atoms with van der Waals surface area (Å²) in [4.78, 5) is 16.2. The molecule has 0 atom stereocenters. The second kappa shape index (κ2) is 5.56. The minimum atomic E-state index is -0.413. The minimum absolute atomic E-state index is 0.413. The van der Waals surface area contributed by atoms with Crippen molar-refractivity contribution in [3.05, 3.63) is 35.7 Å². The number of esters is 1. The van der Waals surface area contributed by atoms with Crippen LogP contribution in [0, 0.1) is 0 Å². The molecule has 18 heavy (non-hydrogen) atoms. The molecule has 1 aromatic carbocycles. The number of hydrogen-bond donors (Lipinski definition) is 0. The van der Waals surface area contributed by atoms with Crippen molar-refractivity contribution in [2.45, 2.75) is 0 Å². The lowest BCUT2D eigenvalue weighted by molar-refractivity contribution is 0.0602. The molecule has 1 aromatic heterocycles. The average Bonchev–Trinajstić information content (AvgIpc) is 2.36. The van der Waals surface area contributed by atoms with Crippen LogP contribution in [0.4, 0.5) is 0 Å². The summed E-state index contributed by atoms with van der Waals surface area (Å²) in [7, 11) is 1.35. The monoisotopic (exact) mass is 499 g/mol. The standard InChI is InChI=1S/C11H5Br4NO2/c1-18-11(17)7-5(13)3-16-6-2-4(12)9(14)10(15)8(6)7/h2-3H,1H3. The molecular formula is C11H5Br4NO2. The van der Waals surface area contributed by atoms with Crippen molar-refractivity contribution in [2.24, 2.45) is 0 Å². The van der Waals surface area contributed by atoms with Crippen molar-refractivity contribution >= 4 is 80.6 Å². The van der Waals surface area contributed by atoms with E-state index in [-0.39, 0.29) is 0 Å². The van der Waals surface area contributed by atoms with E-state index in [1.54, 1.807) is 6.20 Å². The van der Waals surface area contributed by atoms with Gasteiger partial charge in [0.05, 0.1) is 22.7 Å². The van der Waals surface area contributed by atoms with Crippen LogP contribution in [0.5, 0.6) is 0 Å². The number of aromatic nitrogens is 1. The molecule has 94 valence electrons. The van der Waals surface area contributed by atoms with E-state index in [0.29, 0.717) is 20.9 Å². The first kappa shape index (κ1) is 14.4. The number of benzene rings is 1. The Hall–Kier alpha value is 0.0200. The molecule has 7 heteroatoms. The largest absolute Gasteiger partial charge is 0.465 e. The van der Waals surface area contributed by atoms with Crippen molar-refractivity contribution in [3.63, 3.8) is 0 Å². The molecule has 3 nitrogen and oxygen atoms in total. The number of ether oxygens (including phenoxy) is 1. The molecule has 0 saturated heterocycles. The first-order chi connectivity index (χ1) is 8.47. The van der Waals surface area contributed by atoms with Gasteiger partial charge in [-0.3, -0.25) is 4.98 Å². The minimum Gasteiger partial charge on any atom is -0.465 e. The van der Waals surface area contributed by atoms with Gasteiger partial charge in [0.2, 0.25) is 0 Å². The molecular weight excluding hydrogens is 498 g/mol. The molecule has 0 aliphatic rings. The molecule has 2 aromatic rings. The predicted molar refractivity (Wildman–Crippen MR) is 83.9 cm³/mol. The van der Waals surface area contributed by atoms with Gasteiger partial charge in [-0.2, -0.15) is 0 Å². The van der Waals surface area contributed by atoms with Gasteiger partial charge in [0.15, 0.2) is 0 Å². The second-order valence-electron chi connectivity index (χ2n) is 3.35. The Labute approximate surface area is 137 Å². The third kappa shape index (κ3) is 2.37. The maximum atomic E-state index is 11.9. The summed E-state index contributed by atoms with van der Waals surface area (Å²) in [5, 5.41) is 0.700. The highest BCUT2D eigenvalue weighted by Gasteiger charge is 2.20. The van der Waals surface area contributed by atoms with Crippen molar-refractivity contribution in [3.8, 4) is 0 Å². The van der Waals surface area contributed by atoms with Crippen LogP contribution in [0.3, 0.4) is 0 Å². The number of hydrogen-bond acceptors (Lipinski definition) is 3. The number of fused-ring (bicyclic) bond motifs is 1. The van der Waals surface area contributed by atoms with Crippen molar-refractivity contribution < 1.29 is 9.53 Å². The molecule has 1 heterocycles. The quantitative estimate of drug-likeness (QED) is 0.404. The zero-order valence-corrected chi connectivity index (χ0v) is 15.3. The molecule has 2 rings (SSSR count). The summed E-state index contributed by atoms with van der Waals surface area (Å²) in [6.45, 7) is 0. The van der Waals surface area contributed by atoms with E-state index >= 15 is 0 Å². The summed E-state index contributed by atoms with van der Waals surface area (Å²) in [5.41, 5.74) is 1.14. The Morgan fingerprint density at radius 2 is 1.83 bits per heavy atom. The molecule has 0 radical (unpaired) electrons. The highest BCUT2D eigenvalue weighted by atomic mass is 79.9. The van der Waals surface area contributed by atoms with E-state index in [0.717, 1.165) is 13.4 Å². The Morgan fingerprint density at radius 1 is 1.17 bits per heavy atom. The number of halogens is 4. The molecule has 0 unspecified atom stereocenters. The fourth-order valence-corrected chi connectivity index (χ4v) is 3.61. The Kier molecular flexibility index (Phi) is 4.46. The summed E-state index contributed by atoms with van der Waals surface area (Å²) >= 11 is 13.7. The summed E-state index contributed by atoms with van der Waals surface area (Å²) in [5.74, 6) is -0.413. The van der Waals surface area contributed by atoms with E-state index in [4.69, 9.17) is 4.74 Å². The predicted octanol–water partition coefficient (Wildman–Crippen LogP) is 5.07. The lowest BCUT2D eigenvalue weighted by Crippen LogP contribution is -2.05. The van der Waals surface area contributed by atoms with Gasteiger partial charge in [0.25, 0.3) is 0 Å². The maximum Gasteiger partial charge on any atom is 0.339 e. The highest BCUT2D eigenvalue weighted by molar-refractivity contribution is 9.14. The zero-order chi connectivity index (χ0) is 13.4. The van der Waals surface area contributed by atoms with E-state index in [9.17, 15) is 4.79 Å². The van der Waals surface area contributed by atoms with Crippen LogP contribution >= 0.6 is 63.7 Å². The van der Waals surface area contributed by atoms with Gasteiger partial charge in [-0.25, -0.2) is 4.79 Å². The summed E-state index contributed by atoms with van der Waals surface area (Å²) in [6, 6.07) is 1.84. The van der Waals surface area contributed by atoms with Crippen LogP contribution in [-0.4, -0.2) is 18.1 Å². The van der Waals surface area contributed by atoms with Crippen molar-refractivity contribution in [1.29, 1.82) is 0 Å². The Morgan fingerprint density at radius 3 is 2.44 bits per heavy atom. The molecule has 0 N–H and O–H groups in total. The third-order valence-corrected chi connectivity index (χ3v) is 6.24. The summed E-state index contributed by atoms with van der Waals surface area (Å²) in [6.07, 6.45) is 1.58. The fourth-order valence-electron chi connectivity index (χ4n) is 1.53. The van der Waals surface area contributed by atoms with E-state index < -0.39 is 5.97 Å². The molecule has 0 aliphatic carbocycles. The first-order valence-electron chi connectivity index (χ1n) is 4.67. The van der Waals surface area contributed by atoms with E-state index in [1.807, 2.05) is 6.07 Å². The molecule has 0 amide bonds. The fraction of sp³-hybridized carbons (Fsp3) is 0.0909. The molecule has 0 spiro atoms. The molecule has 0 bridgehead atoms. The molecule has 0 saturated carbocycles. The SMILES string of the molecule is COC(=O)c1c(Br)cnc2cc(Br)c(Br)c(Br)c12. The van der Waals surface area contributed by atoms with Gasteiger partial charge < -0.3 is 4.74 Å². The van der Waals surface area contributed by atoms with Gasteiger partial charge >= 0.3 is 5.97 Å². The number of carbonyl (C=O) groups excluding carboxylic acids is 1. The highest BCUT2D eigenvalue weighted by Crippen LogP contribution is 2.40. The van der Waals surface area contributed by atoms with Gasteiger partial charge in [-0.15, -0.1) is 0 Å². The smallest absolute Gasteiger partial charge is 0.339 e. The van der Waals surface area contributed by atoms with Crippen LogP contribution < -0.4 is 0 Å². The lowest BCUT2D eigenvalue weighted by Gasteiger charge is -2.10. The van der Waals surface area contributed by atoms with Crippen LogP contribution in [0.25, 0.3) is 10.9 Å². The normalized spacial score (nSPS) is 10.7. The Balaban J connectivity index is 2.96. The van der Waals surface area contributed by atoms with Crippen LogP contribution in [0.15, 0.2) is 30.2 Å². The first-order valence-corrected chi connectivity index (χ1v) is 7.84. The van der Waals surface area contributed by atoms with Gasteiger partial charge in [-0.05, 0) is 69.8 Å². The number of methoxy groups -OCH3 is 1. The number of nitrogens with zero attached hydrogens (tertiary/aromatic N) is 1. The van der Waals surface area contributed by atoms with Gasteiger partial charge in [0, 0.05) is 25.0 Å². The number of rotatable bonds is 1. The van der Waals surface area contributed by atoms with Crippen LogP contribution in [0.1, 0.15) is 10.4 Å².